The first-order valence-electron chi connectivity index (χ1n) is 11.2. The van der Waals surface area contributed by atoms with Gasteiger partial charge in [0.1, 0.15) is 7.14 Å². The highest BCUT2D eigenvalue weighted by atomic mass is 31.2. The van der Waals surface area contributed by atoms with Crippen LogP contribution in [0.3, 0.4) is 0 Å². The molecule has 0 bridgehead atoms. The minimum Gasteiger partial charge on any atom is -0.313 e. The molecule has 0 unspecified atom stereocenters. The van der Waals surface area contributed by atoms with Crippen LogP contribution in [0.4, 0.5) is 0 Å². The molecule has 0 aliphatic carbocycles. The third kappa shape index (κ3) is 3.20. The van der Waals surface area contributed by atoms with Gasteiger partial charge in [0.2, 0.25) is 0 Å². The summed E-state index contributed by atoms with van der Waals surface area (Å²) in [5, 5.41) is 10.9. The van der Waals surface area contributed by atoms with Crippen molar-refractivity contribution in [2.75, 3.05) is 6.16 Å². The molecule has 6 aromatic carbocycles. The number of hydrogen-bond donors (Lipinski definition) is 0. The highest BCUT2D eigenvalue weighted by Crippen LogP contribution is 2.47. The molecule has 0 heterocycles. The zero-order valence-corrected chi connectivity index (χ0v) is 19.1. The maximum atomic E-state index is 15.0. The van der Waals surface area contributed by atoms with Crippen molar-refractivity contribution < 1.29 is 4.57 Å². The van der Waals surface area contributed by atoms with E-state index in [4.69, 9.17) is 0 Å². The van der Waals surface area contributed by atoms with E-state index in [-0.39, 0.29) is 0 Å². The lowest BCUT2D eigenvalue weighted by Gasteiger charge is -2.22. The monoisotopic (exact) mass is 442 g/mol. The van der Waals surface area contributed by atoms with E-state index in [9.17, 15) is 0 Å². The van der Waals surface area contributed by atoms with Gasteiger partial charge in [-0.1, -0.05) is 91.0 Å². The molecule has 0 atom stereocenters. The van der Waals surface area contributed by atoms with Gasteiger partial charge in [0.15, 0.2) is 0 Å². The van der Waals surface area contributed by atoms with E-state index in [0.29, 0.717) is 6.16 Å². The van der Waals surface area contributed by atoms with Gasteiger partial charge in [-0.3, -0.25) is 0 Å². The second-order valence-electron chi connectivity index (χ2n) is 8.61. The van der Waals surface area contributed by atoms with Gasteiger partial charge in [0.05, 0.1) is 0 Å². The van der Waals surface area contributed by atoms with Crippen LogP contribution in [0.25, 0.3) is 43.1 Å². The maximum Gasteiger partial charge on any atom is 0.148 e. The number of rotatable bonds is 4. The largest absolute Gasteiger partial charge is 0.313 e. The zero-order chi connectivity index (χ0) is 22.4. The van der Waals surface area contributed by atoms with Crippen molar-refractivity contribution in [3.8, 4) is 0 Å². The summed E-state index contributed by atoms with van der Waals surface area (Å²) in [6.07, 6.45) is 2.23. The van der Waals surface area contributed by atoms with Gasteiger partial charge in [0.25, 0.3) is 0 Å². The Labute approximate surface area is 193 Å². The lowest BCUT2D eigenvalue weighted by molar-refractivity contribution is 0.589. The summed E-state index contributed by atoms with van der Waals surface area (Å²) in [6, 6.07) is 37.9. The van der Waals surface area contributed by atoms with Crippen molar-refractivity contribution >= 4 is 60.8 Å². The number of hydrogen-bond acceptors (Lipinski definition) is 1. The van der Waals surface area contributed by atoms with Gasteiger partial charge >= 0.3 is 0 Å². The van der Waals surface area contributed by atoms with Crippen molar-refractivity contribution in [2.24, 2.45) is 0 Å². The zero-order valence-electron chi connectivity index (χ0n) is 18.2. The molecule has 0 radical (unpaired) electrons. The molecule has 6 rings (SSSR count). The van der Waals surface area contributed by atoms with E-state index in [1.807, 2.05) is 24.3 Å². The molecule has 1 nitrogen and oxygen atoms in total. The lowest BCUT2D eigenvalue weighted by atomic mass is 10.0. The highest BCUT2D eigenvalue weighted by Gasteiger charge is 2.29. The smallest absolute Gasteiger partial charge is 0.148 e. The maximum absolute atomic E-state index is 15.0. The Morgan fingerprint density at radius 1 is 0.545 bits per heavy atom. The second kappa shape index (κ2) is 7.73. The molecule has 0 spiro atoms. The molecule has 0 aromatic heterocycles. The molecule has 0 fully saturated rings. The molecular formula is C31H23OP. The quantitative estimate of drug-likeness (QED) is 0.155. The van der Waals surface area contributed by atoms with E-state index < -0.39 is 7.14 Å². The minimum atomic E-state index is -2.99. The van der Waals surface area contributed by atoms with Gasteiger partial charge < -0.3 is 4.57 Å². The normalized spacial score (nSPS) is 12.0. The SMILES string of the molecule is C=CCP(=O)(c1cccc2cc3ccccc3cc12)c1cccc2cc3ccccc3cc12. The Morgan fingerprint density at radius 2 is 0.939 bits per heavy atom. The fourth-order valence-corrected chi connectivity index (χ4v) is 7.87. The summed E-state index contributed by atoms with van der Waals surface area (Å²) in [4.78, 5) is 0. The van der Waals surface area contributed by atoms with E-state index in [2.05, 4.69) is 91.5 Å². The third-order valence-corrected chi connectivity index (χ3v) is 9.72. The van der Waals surface area contributed by atoms with Crippen LogP contribution in [0.1, 0.15) is 0 Å². The minimum absolute atomic E-state index is 0.422. The first-order chi connectivity index (χ1) is 16.2. The molecule has 0 aliphatic heterocycles. The Morgan fingerprint density at radius 3 is 1.36 bits per heavy atom. The summed E-state index contributed by atoms with van der Waals surface area (Å²) in [7, 11) is -2.99. The Bertz CT molecular complexity index is 1620. The summed E-state index contributed by atoms with van der Waals surface area (Å²) < 4.78 is 15.0. The van der Waals surface area contributed by atoms with Crippen LogP contribution in [-0.2, 0) is 4.57 Å². The van der Waals surface area contributed by atoms with E-state index in [1.54, 1.807) is 6.08 Å². The van der Waals surface area contributed by atoms with Crippen LogP contribution in [0, 0.1) is 0 Å². The van der Waals surface area contributed by atoms with E-state index in [0.717, 1.165) is 42.9 Å². The highest BCUT2D eigenvalue weighted by molar-refractivity contribution is 7.79. The predicted octanol–water partition coefficient (Wildman–Crippen LogP) is 7.80. The Kier molecular flexibility index (Phi) is 4.68. The van der Waals surface area contributed by atoms with Gasteiger partial charge in [-0.05, 0) is 67.4 Å². The van der Waals surface area contributed by atoms with Gasteiger partial charge in [-0.2, -0.15) is 0 Å². The van der Waals surface area contributed by atoms with Crippen LogP contribution in [0.2, 0.25) is 0 Å². The van der Waals surface area contributed by atoms with Crippen LogP contribution < -0.4 is 10.6 Å². The molecule has 0 N–H and O–H groups in total. The van der Waals surface area contributed by atoms with Crippen molar-refractivity contribution in [1.82, 2.24) is 0 Å². The molecule has 158 valence electrons. The van der Waals surface area contributed by atoms with Gasteiger partial charge in [0, 0.05) is 16.8 Å². The number of benzene rings is 6. The standard InChI is InChI=1S/C31H23OP/c1-2-17-33(32,30-15-7-13-26-18-22-9-3-5-11-24(22)20-28(26)30)31-16-8-14-27-19-23-10-4-6-12-25(23)21-29(27)31/h2-16,18-21H,1,17H2. The van der Waals surface area contributed by atoms with Crippen molar-refractivity contribution in [1.29, 1.82) is 0 Å². The van der Waals surface area contributed by atoms with Crippen LogP contribution in [-0.4, -0.2) is 6.16 Å². The van der Waals surface area contributed by atoms with Crippen molar-refractivity contribution in [3.05, 3.63) is 122 Å². The molecule has 2 heteroatoms. The first kappa shape index (κ1) is 20.0. The van der Waals surface area contributed by atoms with E-state index in [1.165, 1.54) is 10.8 Å². The molecule has 0 saturated carbocycles. The Hall–Kier alpha value is -3.67. The first-order valence-corrected chi connectivity index (χ1v) is 13.1. The molecule has 0 amide bonds. The lowest BCUT2D eigenvalue weighted by Crippen LogP contribution is -2.19. The van der Waals surface area contributed by atoms with Crippen LogP contribution in [0.15, 0.2) is 122 Å². The van der Waals surface area contributed by atoms with Crippen LogP contribution in [0.5, 0.6) is 0 Å². The fourth-order valence-electron chi connectivity index (χ4n) is 5.04. The summed E-state index contributed by atoms with van der Waals surface area (Å²) in [6.45, 7) is 3.98. The van der Waals surface area contributed by atoms with Crippen molar-refractivity contribution in [3.63, 3.8) is 0 Å². The van der Waals surface area contributed by atoms with Gasteiger partial charge in [-0.15, -0.1) is 6.58 Å². The molecule has 0 aliphatic rings. The average molecular weight is 442 g/mol. The fraction of sp³-hybridized carbons (Fsp3) is 0.0323. The third-order valence-electron chi connectivity index (χ3n) is 6.61. The average Bonchev–Trinajstić information content (AvgIpc) is 2.85. The van der Waals surface area contributed by atoms with E-state index >= 15 is 4.57 Å². The van der Waals surface area contributed by atoms with Crippen LogP contribution >= 0.6 is 7.14 Å². The topological polar surface area (TPSA) is 17.1 Å². The molecule has 33 heavy (non-hydrogen) atoms. The molecular weight excluding hydrogens is 419 g/mol. The number of allylic oxidation sites excluding steroid dienone is 1. The summed E-state index contributed by atoms with van der Waals surface area (Å²) >= 11 is 0. The van der Waals surface area contributed by atoms with Crippen molar-refractivity contribution in [2.45, 2.75) is 0 Å². The predicted molar refractivity (Wildman–Crippen MR) is 145 cm³/mol. The molecule has 0 saturated heterocycles. The number of fused-ring (bicyclic) bond motifs is 4. The Balaban J connectivity index is 1.69. The molecule has 6 aromatic rings. The summed E-state index contributed by atoms with van der Waals surface area (Å²) in [5.74, 6) is 0. The second-order valence-corrected chi connectivity index (χ2v) is 11.4. The van der Waals surface area contributed by atoms with Gasteiger partial charge in [-0.25, -0.2) is 0 Å². The summed E-state index contributed by atoms with van der Waals surface area (Å²) in [5.41, 5.74) is 0.